The number of nitriles is 1. The van der Waals surface area contributed by atoms with Crippen molar-refractivity contribution in [2.45, 2.75) is 13.3 Å². The predicted molar refractivity (Wildman–Crippen MR) is 38.2 cm³/mol. The lowest BCUT2D eigenvalue weighted by Crippen LogP contribution is -2.21. The SMILES string of the molecule is CC(=O)NCCC(C#N)=C(F)F. The topological polar surface area (TPSA) is 52.9 Å². The summed E-state index contributed by atoms with van der Waals surface area (Å²) in [6.45, 7) is 1.34. The number of hydrogen-bond donors (Lipinski definition) is 1. The third kappa shape index (κ3) is 4.39. The molecule has 0 aromatic heterocycles. The molecule has 12 heavy (non-hydrogen) atoms. The summed E-state index contributed by atoms with van der Waals surface area (Å²) in [5.74, 6) is -0.299. The molecule has 3 nitrogen and oxygen atoms in total. The highest BCUT2D eigenvalue weighted by Crippen LogP contribution is 2.09. The highest BCUT2D eigenvalue weighted by Gasteiger charge is 2.04. The number of hydrogen-bond acceptors (Lipinski definition) is 2. The second kappa shape index (κ2) is 5.24. The van der Waals surface area contributed by atoms with Crippen molar-refractivity contribution in [1.82, 2.24) is 5.32 Å². The second-order valence-corrected chi connectivity index (χ2v) is 2.08. The molecule has 0 atom stereocenters. The molecule has 0 fully saturated rings. The summed E-state index contributed by atoms with van der Waals surface area (Å²) in [7, 11) is 0. The van der Waals surface area contributed by atoms with Crippen molar-refractivity contribution in [2.24, 2.45) is 0 Å². The van der Waals surface area contributed by atoms with Gasteiger partial charge < -0.3 is 5.32 Å². The van der Waals surface area contributed by atoms with Gasteiger partial charge in [-0.3, -0.25) is 4.79 Å². The van der Waals surface area contributed by atoms with Gasteiger partial charge in [0, 0.05) is 19.9 Å². The Balaban J connectivity index is 3.86. The first-order chi connectivity index (χ1) is 5.57. The maximum atomic E-state index is 11.8. The molecule has 1 N–H and O–H groups in total. The van der Waals surface area contributed by atoms with Crippen LogP contribution in [0.1, 0.15) is 13.3 Å². The molecule has 0 rings (SSSR count). The van der Waals surface area contributed by atoms with Crippen LogP contribution in [0.5, 0.6) is 0 Å². The van der Waals surface area contributed by atoms with Crippen LogP contribution >= 0.6 is 0 Å². The quantitative estimate of drug-likeness (QED) is 0.653. The summed E-state index contributed by atoms with van der Waals surface area (Å²) in [4.78, 5) is 10.3. The van der Waals surface area contributed by atoms with Crippen LogP contribution in [0.4, 0.5) is 8.78 Å². The van der Waals surface area contributed by atoms with Crippen molar-refractivity contribution >= 4 is 5.91 Å². The molecule has 0 aromatic carbocycles. The number of amides is 1. The van der Waals surface area contributed by atoms with Gasteiger partial charge in [0.1, 0.15) is 6.07 Å². The summed E-state index contributed by atoms with van der Waals surface area (Å²) >= 11 is 0. The van der Waals surface area contributed by atoms with E-state index in [1.165, 1.54) is 13.0 Å². The largest absolute Gasteiger partial charge is 0.356 e. The van der Waals surface area contributed by atoms with Crippen LogP contribution in [0, 0.1) is 11.3 Å². The van der Waals surface area contributed by atoms with E-state index in [9.17, 15) is 13.6 Å². The van der Waals surface area contributed by atoms with E-state index in [4.69, 9.17) is 5.26 Å². The summed E-state index contributed by atoms with van der Waals surface area (Å²) in [6, 6.07) is 1.35. The minimum absolute atomic E-state index is 0.0650. The minimum atomic E-state index is -1.98. The minimum Gasteiger partial charge on any atom is -0.356 e. The van der Waals surface area contributed by atoms with Crippen LogP contribution in [0.3, 0.4) is 0 Å². The van der Waals surface area contributed by atoms with Crippen molar-refractivity contribution < 1.29 is 13.6 Å². The van der Waals surface area contributed by atoms with E-state index in [2.05, 4.69) is 5.32 Å². The number of rotatable bonds is 3. The van der Waals surface area contributed by atoms with E-state index in [0.29, 0.717) is 0 Å². The molecule has 0 aromatic rings. The van der Waals surface area contributed by atoms with E-state index >= 15 is 0 Å². The first-order valence-electron chi connectivity index (χ1n) is 3.26. The standard InChI is InChI=1S/C7H8F2N2O/c1-5(12)11-3-2-6(4-10)7(8)9/h2-3H2,1H3,(H,11,12). The molecule has 0 saturated carbocycles. The van der Waals surface area contributed by atoms with E-state index < -0.39 is 11.7 Å². The fourth-order valence-electron chi connectivity index (χ4n) is 0.556. The summed E-state index contributed by atoms with van der Waals surface area (Å²) in [6.07, 6.45) is -2.11. The predicted octanol–water partition coefficient (Wildman–Crippen LogP) is 1.19. The van der Waals surface area contributed by atoms with E-state index in [1.54, 1.807) is 0 Å². The van der Waals surface area contributed by atoms with Crippen LogP contribution in [0.15, 0.2) is 11.7 Å². The van der Waals surface area contributed by atoms with Crippen molar-refractivity contribution in [3.63, 3.8) is 0 Å². The van der Waals surface area contributed by atoms with Crippen LogP contribution in [-0.4, -0.2) is 12.5 Å². The van der Waals surface area contributed by atoms with E-state index in [0.717, 1.165) is 0 Å². The van der Waals surface area contributed by atoms with Gasteiger partial charge in [-0.1, -0.05) is 0 Å². The van der Waals surface area contributed by atoms with Crippen molar-refractivity contribution in [3.05, 3.63) is 11.7 Å². The Morgan fingerprint density at radius 1 is 1.58 bits per heavy atom. The van der Waals surface area contributed by atoms with Crippen molar-refractivity contribution in [2.75, 3.05) is 6.54 Å². The Morgan fingerprint density at radius 2 is 2.17 bits per heavy atom. The van der Waals surface area contributed by atoms with Crippen molar-refractivity contribution in [3.8, 4) is 6.07 Å². The fraction of sp³-hybridized carbons (Fsp3) is 0.429. The molecule has 5 heteroatoms. The average molecular weight is 174 g/mol. The van der Waals surface area contributed by atoms with Gasteiger partial charge in [-0.15, -0.1) is 0 Å². The van der Waals surface area contributed by atoms with Gasteiger partial charge in [-0.2, -0.15) is 14.0 Å². The van der Waals surface area contributed by atoms with Gasteiger partial charge in [-0.25, -0.2) is 0 Å². The normalized spacial score (nSPS) is 8.50. The van der Waals surface area contributed by atoms with Gasteiger partial charge in [0.15, 0.2) is 0 Å². The fourth-order valence-corrected chi connectivity index (χ4v) is 0.556. The highest BCUT2D eigenvalue weighted by molar-refractivity contribution is 5.72. The maximum Gasteiger partial charge on any atom is 0.283 e. The zero-order valence-electron chi connectivity index (χ0n) is 6.53. The van der Waals surface area contributed by atoms with Crippen molar-refractivity contribution in [1.29, 1.82) is 5.26 Å². The molecule has 66 valence electrons. The maximum absolute atomic E-state index is 11.8. The van der Waals surface area contributed by atoms with Gasteiger partial charge in [-0.05, 0) is 0 Å². The van der Waals surface area contributed by atoms with E-state index in [-0.39, 0.29) is 18.9 Å². The van der Waals surface area contributed by atoms with Gasteiger partial charge in [0.2, 0.25) is 5.91 Å². The number of carbonyl (C=O) groups excluding carboxylic acids is 1. The molecule has 0 radical (unpaired) electrons. The lowest BCUT2D eigenvalue weighted by molar-refractivity contribution is -0.118. The average Bonchev–Trinajstić information content (AvgIpc) is 1.96. The van der Waals surface area contributed by atoms with Gasteiger partial charge in [0.25, 0.3) is 6.08 Å². The molecular formula is C7H8F2N2O. The zero-order chi connectivity index (χ0) is 9.56. The summed E-state index contributed by atoms with van der Waals surface area (Å²) in [5, 5.41) is 10.5. The number of carbonyl (C=O) groups is 1. The Bertz CT molecular complexity index is 238. The van der Waals surface area contributed by atoms with Gasteiger partial charge >= 0.3 is 0 Å². The third-order valence-electron chi connectivity index (χ3n) is 1.11. The molecule has 0 spiro atoms. The molecule has 0 aliphatic heterocycles. The number of halogens is 2. The lowest BCUT2D eigenvalue weighted by atomic mass is 10.2. The molecule has 0 aliphatic carbocycles. The van der Waals surface area contributed by atoms with Crippen LogP contribution in [0.2, 0.25) is 0 Å². The smallest absolute Gasteiger partial charge is 0.283 e. The first kappa shape index (κ1) is 10.6. The first-order valence-corrected chi connectivity index (χ1v) is 3.26. The zero-order valence-corrected chi connectivity index (χ0v) is 6.53. The van der Waals surface area contributed by atoms with E-state index in [1.807, 2.05) is 0 Å². The Morgan fingerprint density at radius 3 is 2.50 bits per heavy atom. The monoisotopic (exact) mass is 174 g/mol. The molecule has 0 heterocycles. The molecule has 0 aliphatic rings. The molecule has 1 amide bonds. The molecule has 0 bridgehead atoms. The molecule has 0 unspecified atom stereocenters. The van der Waals surface area contributed by atoms with Crippen LogP contribution < -0.4 is 5.32 Å². The molecule has 0 saturated heterocycles. The Labute approximate surface area is 68.7 Å². The highest BCUT2D eigenvalue weighted by atomic mass is 19.3. The Kier molecular flexibility index (Phi) is 4.61. The van der Waals surface area contributed by atoms with Gasteiger partial charge in [0.05, 0.1) is 5.57 Å². The number of nitrogens with one attached hydrogen (secondary N) is 1. The lowest BCUT2D eigenvalue weighted by Gasteiger charge is -1.98. The van der Waals surface area contributed by atoms with Crippen LogP contribution in [-0.2, 0) is 4.79 Å². The summed E-state index contributed by atoms with van der Waals surface area (Å²) in [5.41, 5.74) is -0.580. The summed E-state index contributed by atoms with van der Waals surface area (Å²) < 4.78 is 23.5. The number of nitrogens with zero attached hydrogens (tertiary/aromatic N) is 1. The Hall–Kier alpha value is -1.44. The molecular weight excluding hydrogens is 166 g/mol. The third-order valence-corrected chi connectivity index (χ3v) is 1.11. The second-order valence-electron chi connectivity index (χ2n) is 2.08. The van der Waals surface area contributed by atoms with Crippen LogP contribution in [0.25, 0.3) is 0 Å².